The lowest BCUT2D eigenvalue weighted by Gasteiger charge is -2.37. The highest BCUT2D eigenvalue weighted by atomic mass is 16.5. The van der Waals surface area contributed by atoms with Crippen molar-refractivity contribution in [3.63, 3.8) is 0 Å². The van der Waals surface area contributed by atoms with Gasteiger partial charge in [-0.05, 0) is 49.9 Å². The zero-order valence-corrected chi connectivity index (χ0v) is 14.6. The number of amides is 1. The Morgan fingerprint density at radius 3 is 3.04 bits per heavy atom. The highest BCUT2D eigenvalue weighted by Gasteiger charge is 2.39. The van der Waals surface area contributed by atoms with Crippen molar-refractivity contribution < 1.29 is 14.3 Å². The normalized spacial score (nSPS) is 22.7. The van der Waals surface area contributed by atoms with E-state index in [2.05, 4.69) is 5.10 Å². The monoisotopic (exact) mass is 341 g/mol. The van der Waals surface area contributed by atoms with Crippen molar-refractivity contribution in [3.05, 3.63) is 41.7 Å². The van der Waals surface area contributed by atoms with Crippen LogP contribution >= 0.6 is 0 Å². The molecule has 25 heavy (non-hydrogen) atoms. The summed E-state index contributed by atoms with van der Waals surface area (Å²) in [6.45, 7) is 3.27. The number of benzene rings is 1. The Morgan fingerprint density at radius 2 is 2.20 bits per heavy atom. The minimum Gasteiger partial charge on any atom is -0.494 e. The lowest BCUT2D eigenvalue weighted by Crippen LogP contribution is -2.51. The number of carbonyl (C=O) groups is 1. The van der Waals surface area contributed by atoms with Crippen molar-refractivity contribution in [3.8, 4) is 11.4 Å². The first-order valence-electron chi connectivity index (χ1n) is 8.80. The Balaban J connectivity index is 1.61. The van der Waals surface area contributed by atoms with Gasteiger partial charge in [-0.3, -0.25) is 4.79 Å². The van der Waals surface area contributed by atoms with Crippen molar-refractivity contribution >= 4 is 5.91 Å². The molecule has 0 bridgehead atoms. The molecule has 2 heterocycles. The van der Waals surface area contributed by atoms with E-state index in [1.54, 1.807) is 17.9 Å². The Bertz CT molecular complexity index is 786. The zero-order chi connectivity index (χ0) is 17.4. The predicted octanol–water partition coefficient (Wildman–Crippen LogP) is 2.58. The SMILES string of the molecule is COc1ccc(C)cc1-n1ccc(C(=O)N2CCO[C@H]3CCC[C@H]32)n1. The summed E-state index contributed by atoms with van der Waals surface area (Å²) in [5.41, 5.74) is 2.42. The smallest absolute Gasteiger partial charge is 0.274 e. The van der Waals surface area contributed by atoms with Crippen LogP contribution in [-0.2, 0) is 4.74 Å². The number of morpholine rings is 1. The van der Waals surface area contributed by atoms with Crippen LogP contribution in [0.15, 0.2) is 30.5 Å². The van der Waals surface area contributed by atoms with Crippen molar-refractivity contribution in [2.75, 3.05) is 20.3 Å². The second-order valence-electron chi connectivity index (χ2n) is 6.73. The van der Waals surface area contributed by atoms with Crippen molar-refractivity contribution in [2.24, 2.45) is 0 Å². The van der Waals surface area contributed by atoms with Crippen molar-refractivity contribution in [2.45, 2.75) is 38.3 Å². The Morgan fingerprint density at radius 1 is 1.32 bits per heavy atom. The van der Waals surface area contributed by atoms with Gasteiger partial charge in [0, 0.05) is 12.7 Å². The van der Waals surface area contributed by atoms with Crippen LogP contribution in [0.1, 0.15) is 35.3 Å². The molecule has 1 saturated heterocycles. The van der Waals surface area contributed by atoms with E-state index in [4.69, 9.17) is 9.47 Å². The van der Waals surface area contributed by atoms with Gasteiger partial charge < -0.3 is 14.4 Å². The predicted molar refractivity (Wildman–Crippen MR) is 93.3 cm³/mol. The lowest BCUT2D eigenvalue weighted by molar-refractivity contribution is -0.0447. The van der Waals surface area contributed by atoms with E-state index in [0.717, 1.165) is 36.3 Å². The van der Waals surface area contributed by atoms with Gasteiger partial charge in [0.2, 0.25) is 0 Å². The fourth-order valence-electron chi connectivity index (χ4n) is 3.88. The van der Waals surface area contributed by atoms with E-state index in [1.807, 2.05) is 36.2 Å². The number of rotatable bonds is 3. The van der Waals surface area contributed by atoms with Gasteiger partial charge in [0.05, 0.1) is 25.9 Å². The summed E-state index contributed by atoms with van der Waals surface area (Å²) in [6.07, 6.45) is 5.19. The number of aryl methyl sites for hydroxylation is 1. The molecule has 2 aromatic rings. The lowest BCUT2D eigenvalue weighted by atomic mass is 10.1. The molecule has 2 aliphatic rings. The standard InChI is InChI=1S/C19H23N3O3/c1-13-6-7-17(24-2)16(12-13)22-9-8-14(20-22)19(23)21-10-11-25-18-5-3-4-15(18)21/h6-9,12,15,18H,3-5,10-11H2,1-2H3/t15-,18+/m1/s1. The Hall–Kier alpha value is -2.34. The van der Waals surface area contributed by atoms with E-state index in [1.165, 1.54) is 0 Å². The van der Waals surface area contributed by atoms with Crippen LogP contribution in [0.5, 0.6) is 5.75 Å². The maximum atomic E-state index is 13.0. The molecule has 1 aliphatic heterocycles. The summed E-state index contributed by atoms with van der Waals surface area (Å²) in [7, 11) is 1.64. The molecule has 0 radical (unpaired) electrons. The molecule has 6 heteroatoms. The number of ether oxygens (including phenoxy) is 2. The number of aromatic nitrogens is 2. The molecule has 2 atom stereocenters. The summed E-state index contributed by atoms with van der Waals surface area (Å²) in [5.74, 6) is 0.723. The first-order valence-corrected chi connectivity index (χ1v) is 8.80. The first-order chi connectivity index (χ1) is 12.2. The summed E-state index contributed by atoms with van der Waals surface area (Å²) in [6, 6.07) is 7.88. The Kier molecular flexibility index (Phi) is 4.21. The van der Waals surface area contributed by atoms with Gasteiger partial charge in [-0.15, -0.1) is 0 Å². The van der Waals surface area contributed by atoms with Gasteiger partial charge in [0.15, 0.2) is 5.69 Å². The third kappa shape index (κ3) is 2.91. The second-order valence-corrected chi connectivity index (χ2v) is 6.73. The number of nitrogens with zero attached hydrogens (tertiary/aromatic N) is 3. The molecule has 1 aromatic heterocycles. The van der Waals surface area contributed by atoms with E-state index in [9.17, 15) is 4.79 Å². The number of fused-ring (bicyclic) bond motifs is 1. The fraction of sp³-hybridized carbons (Fsp3) is 0.474. The van der Waals surface area contributed by atoms with Gasteiger partial charge in [-0.1, -0.05) is 6.07 Å². The molecular weight excluding hydrogens is 318 g/mol. The van der Waals surface area contributed by atoms with Crippen LogP contribution in [0.3, 0.4) is 0 Å². The largest absolute Gasteiger partial charge is 0.494 e. The summed E-state index contributed by atoms with van der Waals surface area (Å²) in [4.78, 5) is 14.9. The molecular formula is C19H23N3O3. The average Bonchev–Trinajstić information content (AvgIpc) is 3.30. The summed E-state index contributed by atoms with van der Waals surface area (Å²) >= 11 is 0. The average molecular weight is 341 g/mol. The summed E-state index contributed by atoms with van der Waals surface area (Å²) < 4.78 is 12.9. The molecule has 4 rings (SSSR count). The van der Waals surface area contributed by atoms with Crippen molar-refractivity contribution in [1.29, 1.82) is 0 Å². The molecule has 2 fully saturated rings. The van der Waals surface area contributed by atoms with Gasteiger partial charge in [-0.2, -0.15) is 5.10 Å². The molecule has 1 aromatic carbocycles. The Labute approximate surface area is 147 Å². The van der Waals surface area contributed by atoms with Crippen molar-refractivity contribution in [1.82, 2.24) is 14.7 Å². The minimum absolute atomic E-state index is 0.00873. The maximum absolute atomic E-state index is 13.0. The second kappa shape index (κ2) is 6.52. The fourth-order valence-corrected chi connectivity index (χ4v) is 3.88. The van der Waals surface area contributed by atoms with Gasteiger partial charge in [0.1, 0.15) is 11.4 Å². The van der Waals surface area contributed by atoms with Crippen LogP contribution < -0.4 is 4.74 Å². The van der Waals surface area contributed by atoms with Crippen LogP contribution in [0.2, 0.25) is 0 Å². The molecule has 0 spiro atoms. The molecule has 0 unspecified atom stereocenters. The molecule has 6 nitrogen and oxygen atoms in total. The van der Waals surface area contributed by atoms with Gasteiger partial charge in [-0.25, -0.2) is 4.68 Å². The molecule has 132 valence electrons. The number of methoxy groups -OCH3 is 1. The van der Waals surface area contributed by atoms with E-state index >= 15 is 0 Å². The number of hydrogen-bond acceptors (Lipinski definition) is 4. The third-order valence-electron chi connectivity index (χ3n) is 5.13. The van der Waals surface area contributed by atoms with E-state index < -0.39 is 0 Å². The van der Waals surface area contributed by atoms with Gasteiger partial charge in [0.25, 0.3) is 5.91 Å². The number of carbonyl (C=O) groups excluding carboxylic acids is 1. The summed E-state index contributed by atoms with van der Waals surface area (Å²) in [5, 5.41) is 4.52. The highest BCUT2D eigenvalue weighted by molar-refractivity contribution is 5.92. The third-order valence-corrected chi connectivity index (χ3v) is 5.13. The molecule has 1 aliphatic carbocycles. The molecule has 1 saturated carbocycles. The van der Waals surface area contributed by atoms with Crippen LogP contribution in [-0.4, -0.2) is 53.0 Å². The van der Waals surface area contributed by atoms with E-state index in [0.29, 0.717) is 18.8 Å². The van der Waals surface area contributed by atoms with Crippen LogP contribution in [0.4, 0.5) is 0 Å². The molecule has 0 N–H and O–H groups in total. The topological polar surface area (TPSA) is 56.6 Å². The minimum atomic E-state index is -0.00873. The zero-order valence-electron chi connectivity index (χ0n) is 14.6. The first kappa shape index (κ1) is 16.1. The molecule has 1 amide bonds. The van der Waals surface area contributed by atoms with Crippen LogP contribution in [0.25, 0.3) is 5.69 Å². The highest BCUT2D eigenvalue weighted by Crippen LogP contribution is 2.30. The van der Waals surface area contributed by atoms with E-state index in [-0.39, 0.29) is 18.1 Å². The number of hydrogen-bond donors (Lipinski definition) is 0. The quantitative estimate of drug-likeness (QED) is 0.861. The maximum Gasteiger partial charge on any atom is 0.274 e. The van der Waals surface area contributed by atoms with Gasteiger partial charge >= 0.3 is 0 Å². The van der Waals surface area contributed by atoms with Crippen LogP contribution in [0, 0.1) is 6.92 Å².